The van der Waals surface area contributed by atoms with Gasteiger partial charge in [0.25, 0.3) is 0 Å². The molecule has 1 rings (SSSR count). The van der Waals surface area contributed by atoms with Crippen LogP contribution in [0.1, 0.15) is 19.4 Å². The van der Waals surface area contributed by atoms with E-state index >= 15 is 0 Å². The summed E-state index contributed by atoms with van der Waals surface area (Å²) in [6.07, 6.45) is 1.63. The Morgan fingerprint density at radius 3 is 2.57 bits per heavy atom. The standard InChI is InChI=1S/C10H13NO3/c1-7-4-5-8(11-6-7)14-10(2,3)9(12)13/h4-6H,1-3H3,(H,12,13). The smallest absolute Gasteiger partial charge is 0.347 e. The molecule has 1 aromatic rings. The molecule has 0 fully saturated rings. The minimum absolute atomic E-state index is 0.322. The second-order valence-electron chi connectivity index (χ2n) is 3.59. The zero-order valence-electron chi connectivity index (χ0n) is 8.44. The van der Waals surface area contributed by atoms with Gasteiger partial charge in [0.2, 0.25) is 11.5 Å². The summed E-state index contributed by atoms with van der Waals surface area (Å²) in [6, 6.07) is 3.47. The largest absolute Gasteiger partial charge is 0.478 e. The van der Waals surface area contributed by atoms with Crippen LogP contribution in [0.15, 0.2) is 18.3 Å². The normalized spacial score (nSPS) is 11.1. The molecule has 0 radical (unpaired) electrons. The summed E-state index contributed by atoms with van der Waals surface area (Å²) in [5.74, 6) is -0.692. The highest BCUT2D eigenvalue weighted by Crippen LogP contribution is 2.15. The fourth-order valence-electron chi connectivity index (χ4n) is 0.820. The van der Waals surface area contributed by atoms with Crippen molar-refractivity contribution in [1.82, 2.24) is 4.98 Å². The third-order valence-corrected chi connectivity index (χ3v) is 1.76. The number of carboxylic acid groups (broad SMARTS) is 1. The van der Waals surface area contributed by atoms with Gasteiger partial charge >= 0.3 is 5.97 Å². The topological polar surface area (TPSA) is 59.4 Å². The molecule has 0 aliphatic rings. The molecule has 0 amide bonds. The molecule has 14 heavy (non-hydrogen) atoms. The van der Waals surface area contributed by atoms with E-state index in [2.05, 4.69) is 4.98 Å². The number of nitrogens with zero attached hydrogens (tertiary/aromatic N) is 1. The van der Waals surface area contributed by atoms with Gasteiger partial charge in [0.1, 0.15) is 0 Å². The van der Waals surface area contributed by atoms with Crippen LogP contribution in [0.25, 0.3) is 0 Å². The van der Waals surface area contributed by atoms with Crippen LogP contribution in [0.3, 0.4) is 0 Å². The van der Waals surface area contributed by atoms with E-state index in [9.17, 15) is 4.79 Å². The number of hydrogen-bond acceptors (Lipinski definition) is 3. The molecule has 0 atom stereocenters. The van der Waals surface area contributed by atoms with Crippen LogP contribution in [-0.4, -0.2) is 21.7 Å². The molecule has 1 N–H and O–H groups in total. The van der Waals surface area contributed by atoms with Crippen LogP contribution < -0.4 is 4.74 Å². The van der Waals surface area contributed by atoms with Gasteiger partial charge in [0, 0.05) is 12.3 Å². The van der Waals surface area contributed by atoms with Crippen molar-refractivity contribution < 1.29 is 14.6 Å². The summed E-state index contributed by atoms with van der Waals surface area (Å²) in [5.41, 5.74) is -0.243. The van der Waals surface area contributed by atoms with Gasteiger partial charge in [-0.2, -0.15) is 0 Å². The van der Waals surface area contributed by atoms with E-state index in [0.717, 1.165) is 5.56 Å². The van der Waals surface area contributed by atoms with Crippen LogP contribution in [0, 0.1) is 6.92 Å². The highest BCUT2D eigenvalue weighted by molar-refractivity contribution is 5.76. The Labute approximate surface area is 82.5 Å². The molecule has 0 unspecified atom stereocenters. The molecular formula is C10H13NO3. The highest BCUT2D eigenvalue weighted by Gasteiger charge is 2.29. The van der Waals surface area contributed by atoms with E-state index in [1.165, 1.54) is 13.8 Å². The molecule has 0 saturated carbocycles. The van der Waals surface area contributed by atoms with Crippen molar-refractivity contribution in [2.24, 2.45) is 0 Å². The van der Waals surface area contributed by atoms with Crippen LogP contribution >= 0.6 is 0 Å². The summed E-state index contributed by atoms with van der Waals surface area (Å²) in [6.45, 7) is 4.87. The monoisotopic (exact) mass is 195 g/mol. The lowest BCUT2D eigenvalue weighted by Gasteiger charge is -2.20. The molecule has 1 heterocycles. The molecule has 76 valence electrons. The van der Waals surface area contributed by atoms with Crippen molar-refractivity contribution in [2.75, 3.05) is 0 Å². The van der Waals surface area contributed by atoms with Crippen LogP contribution in [0.4, 0.5) is 0 Å². The fourth-order valence-corrected chi connectivity index (χ4v) is 0.820. The lowest BCUT2D eigenvalue weighted by Crippen LogP contribution is -2.38. The number of ether oxygens (including phenoxy) is 1. The van der Waals surface area contributed by atoms with Crippen LogP contribution in [0.2, 0.25) is 0 Å². The molecule has 0 aliphatic carbocycles. The van der Waals surface area contributed by atoms with Gasteiger partial charge in [-0.1, -0.05) is 6.07 Å². The number of aryl methyl sites for hydroxylation is 1. The Morgan fingerprint density at radius 2 is 2.14 bits per heavy atom. The Kier molecular flexibility index (Phi) is 2.74. The molecule has 0 spiro atoms. The van der Waals surface area contributed by atoms with Crippen molar-refractivity contribution in [2.45, 2.75) is 26.4 Å². The van der Waals surface area contributed by atoms with E-state index < -0.39 is 11.6 Å². The molecule has 0 saturated heterocycles. The Hall–Kier alpha value is -1.58. The zero-order chi connectivity index (χ0) is 10.8. The summed E-state index contributed by atoms with van der Waals surface area (Å²) < 4.78 is 5.21. The van der Waals surface area contributed by atoms with E-state index in [4.69, 9.17) is 9.84 Å². The van der Waals surface area contributed by atoms with Gasteiger partial charge in [0.05, 0.1) is 0 Å². The minimum Gasteiger partial charge on any atom is -0.478 e. The van der Waals surface area contributed by atoms with Gasteiger partial charge in [-0.15, -0.1) is 0 Å². The molecule has 4 heteroatoms. The van der Waals surface area contributed by atoms with Crippen molar-refractivity contribution >= 4 is 5.97 Å². The molecule has 1 aromatic heterocycles. The van der Waals surface area contributed by atoms with Gasteiger partial charge < -0.3 is 9.84 Å². The Morgan fingerprint density at radius 1 is 1.50 bits per heavy atom. The van der Waals surface area contributed by atoms with Crippen molar-refractivity contribution in [3.8, 4) is 5.88 Å². The summed E-state index contributed by atoms with van der Waals surface area (Å²) in [7, 11) is 0. The SMILES string of the molecule is Cc1ccc(OC(C)(C)C(=O)O)nc1. The van der Waals surface area contributed by atoms with Crippen molar-refractivity contribution in [1.29, 1.82) is 0 Å². The van der Waals surface area contributed by atoms with Crippen molar-refractivity contribution in [3.63, 3.8) is 0 Å². The molecule has 0 bridgehead atoms. The first-order valence-electron chi connectivity index (χ1n) is 4.27. The maximum absolute atomic E-state index is 10.7. The van der Waals surface area contributed by atoms with Crippen LogP contribution in [-0.2, 0) is 4.79 Å². The molecule has 4 nitrogen and oxygen atoms in total. The maximum Gasteiger partial charge on any atom is 0.347 e. The second-order valence-corrected chi connectivity index (χ2v) is 3.59. The number of pyridine rings is 1. The lowest BCUT2D eigenvalue weighted by atomic mass is 10.1. The summed E-state index contributed by atoms with van der Waals surface area (Å²) >= 11 is 0. The van der Waals surface area contributed by atoms with Gasteiger partial charge in [-0.05, 0) is 26.3 Å². The minimum atomic E-state index is -1.25. The number of hydrogen-bond donors (Lipinski definition) is 1. The zero-order valence-corrected chi connectivity index (χ0v) is 8.44. The third-order valence-electron chi connectivity index (χ3n) is 1.76. The average Bonchev–Trinajstić information content (AvgIpc) is 2.08. The number of aromatic nitrogens is 1. The Bertz CT molecular complexity index is 330. The quantitative estimate of drug-likeness (QED) is 0.796. The van der Waals surface area contributed by atoms with Crippen LogP contribution in [0.5, 0.6) is 5.88 Å². The summed E-state index contributed by atoms with van der Waals surface area (Å²) in [4.78, 5) is 14.7. The number of aliphatic carboxylic acids is 1. The second kappa shape index (κ2) is 3.65. The first-order valence-corrected chi connectivity index (χ1v) is 4.27. The lowest BCUT2D eigenvalue weighted by molar-refractivity contribution is -0.152. The average molecular weight is 195 g/mol. The highest BCUT2D eigenvalue weighted by atomic mass is 16.5. The van der Waals surface area contributed by atoms with E-state index in [1.807, 2.05) is 13.0 Å². The van der Waals surface area contributed by atoms with E-state index in [-0.39, 0.29) is 0 Å². The summed E-state index contributed by atoms with van der Waals surface area (Å²) in [5, 5.41) is 8.80. The molecule has 0 aliphatic heterocycles. The number of carbonyl (C=O) groups is 1. The predicted octanol–water partition coefficient (Wildman–Crippen LogP) is 1.63. The first kappa shape index (κ1) is 10.5. The number of rotatable bonds is 3. The fraction of sp³-hybridized carbons (Fsp3) is 0.400. The number of carboxylic acids is 1. The molecular weight excluding hydrogens is 182 g/mol. The van der Waals surface area contributed by atoms with E-state index in [0.29, 0.717) is 5.88 Å². The van der Waals surface area contributed by atoms with Gasteiger partial charge in [-0.3, -0.25) is 0 Å². The van der Waals surface area contributed by atoms with Gasteiger partial charge in [-0.25, -0.2) is 9.78 Å². The maximum atomic E-state index is 10.7. The van der Waals surface area contributed by atoms with Crippen molar-refractivity contribution in [3.05, 3.63) is 23.9 Å². The third kappa shape index (κ3) is 2.45. The predicted molar refractivity (Wildman–Crippen MR) is 51.3 cm³/mol. The molecule has 0 aromatic carbocycles. The van der Waals surface area contributed by atoms with Gasteiger partial charge in [0.15, 0.2) is 0 Å². The van der Waals surface area contributed by atoms with E-state index in [1.54, 1.807) is 12.3 Å². The Balaban J connectivity index is 2.79. The first-order chi connectivity index (χ1) is 6.42.